The van der Waals surface area contributed by atoms with Crippen molar-refractivity contribution < 1.29 is 34.0 Å². The van der Waals surface area contributed by atoms with Crippen molar-refractivity contribution in [1.29, 1.82) is 0 Å². The van der Waals surface area contributed by atoms with Crippen molar-refractivity contribution in [2.75, 3.05) is 26.8 Å². The molecule has 2 saturated heterocycles. The lowest BCUT2D eigenvalue weighted by Crippen LogP contribution is -2.58. The van der Waals surface area contributed by atoms with Crippen LogP contribution >= 0.6 is 0 Å². The normalized spacial score (nSPS) is 37.5. The summed E-state index contributed by atoms with van der Waals surface area (Å²) in [6.07, 6.45) is 1.82. The lowest BCUT2D eigenvalue weighted by atomic mass is 9.68. The molecule has 3 fully saturated rings. The molecular formula is C21H35NO7. The van der Waals surface area contributed by atoms with E-state index in [1.165, 1.54) is 4.90 Å². The van der Waals surface area contributed by atoms with Gasteiger partial charge >= 0.3 is 6.09 Å². The number of β-amino-alcohol motifs (C(OH)–C–C–N with tert-alkyl or cyclic N) is 2. The molecule has 1 amide bonds. The first-order valence-corrected chi connectivity index (χ1v) is 10.4. The summed E-state index contributed by atoms with van der Waals surface area (Å²) in [5.41, 5.74) is -0.910. The molecule has 8 nitrogen and oxygen atoms in total. The number of allylic oxidation sites excluding steroid dienone is 1. The number of carbonyl (C=O) groups excluding carboxylic acids is 1. The van der Waals surface area contributed by atoms with Gasteiger partial charge in [0.1, 0.15) is 23.4 Å². The molecular weight excluding hydrogens is 378 g/mol. The first kappa shape index (κ1) is 22.3. The molecule has 2 heterocycles. The Hall–Kier alpha value is -1.35. The number of methoxy groups -OCH3 is 1. The molecule has 0 aromatic heterocycles. The van der Waals surface area contributed by atoms with E-state index in [-0.39, 0.29) is 24.6 Å². The van der Waals surface area contributed by atoms with Crippen molar-refractivity contribution in [1.82, 2.24) is 4.90 Å². The van der Waals surface area contributed by atoms with Crippen LogP contribution in [-0.2, 0) is 18.9 Å². The van der Waals surface area contributed by atoms with Crippen molar-refractivity contribution in [2.24, 2.45) is 11.8 Å². The maximum Gasteiger partial charge on any atom is 0.410 e. The number of likely N-dealkylation sites (tertiary alicyclic amines) is 1. The van der Waals surface area contributed by atoms with Crippen LogP contribution in [0.5, 0.6) is 0 Å². The van der Waals surface area contributed by atoms with E-state index in [9.17, 15) is 15.0 Å². The third kappa shape index (κ3) is 4.71. The van der Waals surface area contributed by atoms with Gasteiger partial charge in [-0.2, -0.15) is 0 Å². The number of epoxide rings is 1. The van der Waals surface area contributed by atoms with Crippen LogP contribution in [0, 0.1) is 11.8 Å². The summed E-state index contributed by atoms with van der Waals surface area (Å²) < 4.78 is 23.6. The van der Waals surface area contributed by atoms with Gasteiger partial charge in [-0.3, -0.25) is 0 Å². The molecule has 29 heavy (non-hydrogen) atoms. The fraction of sp³-hybridized carbons (Fsp3) is 0.857. The van der Waals surface area contributed by atoms with E-state index < -0.39 is 36.1 Å². The number of rotatable bonds is 6. The second kappa shape index (κ2) is 8.41. The third-order valence-corrected chi connectivity index (χ3v) is 6.25. The van der Waals surface area contributed by atoms with Gasteiger partial charge in [0.2, 0.25) is 0 Å². The quantitative estimate of drug-likeness (QED) is 0.505. The Bertz CT molecular complexity index is 606. The van der Waals surface area contributed by atoms with E-state index in [4.69, 9.17) is 18.9 Å². The summed E-state index contributed by atoms with van der Waals surface area (Å²) >= 11 is 0. The highest BCUT2D eigenvalue weighted by Crippen LogP contribution is 2.52. The van der Waals surface area contributed by atoms with Gasteiger partial charge in [-0.25, -0.2) is 4.79 Å². The van der Waals surface area contributed by atoms with E-state index in [2.05, 4.69) is 13.8 Å². The number of aliphatic hydroxyl groups is 2. The SMILES string of the molecule is CO[C@H]1C(C(C)(C)O/C=C/C(C)C)[C@]2(CC[C@H]1OC(=O)N1C[C@H](O)[C@@H](O)C1)CO2. The molecule has 0 bridgehead atoms. The molecule has 1 saturated carbocycles. The lowest BCUT2D eigenvalue weighted by molar-refractivity contribution is -0.161. The second-order valence-electron chi connectivity index (χ2n) is 9.33. The minimum atomic E-state index is -0.942. The van der Waals surface area contributed by atoms with Crippen molar-refractivity contribution in [3.63, 3.8) is 0 Å². The smallest absolute Gasteiger partial charge is 0.410 e. The number of hydrogen-bond donors (Lipinski definition) is 2. The van der Waals surface area contributed by atoms with E-state index in [1.54, 1.807) is 13.4 Å². The molecule has 166 valence electrons. The fourth-order valence-corrected chi connectivity index (χ4v) is 4.65. The molecule has 6 atom stereocenters. The molecule has 2 N–H and O–H groups in total. The van der Waals surface area contributed by atoms with Crippen molar-refractivity contribution in [3.05, 3.63) is 12.3 Å². The molecule has 2 aliphatic heterocycles. The Kier molecular flexibility index (Phi) is 6.48. The fourth-order valence-electron chi connectivity index (χ4n) is 4.65. The van der Waals surface area contributed by atoms with Crippen molar-refractivity contribution in [2.45, 2.75) is 76.2 Å². The van der Waals surface area contributed by atoms with E-state index in [0.717, 1.165) is 6.42 Å². The van der Waals surface area contributed by atoms with Gasteiger partial charge in [0.15, 0.2) is 0 Å². The minimum absolute atomic E-state index is 0.0649. The Morgan fingerprint density at radius 3 is 2.41 bits per heavy atom. The number of aliphatic hydroxyl groups excluding tert-OH is 2. The van der Waals surface area contributed by atoms with Gasteiger partial charge in [-0.1, -0.05) is 13.8 Å². The highest BCUT2D eigenvalue weighted by molar-refractivity contribution is 5.68. The Labute approximate surface area is 172 Å². The Morgan fingerprint density at radius 1 is 1.28 bits per heavy atom. The molecule has 3 aliphatic rings. The summed E-state index contributed by atoms with van der Waals surface area (Å²) in [4.78, 5) is 13.9. The van der Waals surface area contributed by atoms with Gasteiger partial charge in [-0.05, 0) is 38.7 Å². The zero-order valence-corrected chi connectivity index (χ0v) is 18.0. The topological polar surface area (TPSA) is 101 Å². The average molecular weight is 414 g/mol. The van der Waals surface area contributed by atoms with Crippen LogP contribution in [0.15, 0.2) is 12.3 Å². The molecule has 1 spiro atoms. The minimum Gasteiger partial charge on any atom is -0.495 e. The maximum absolute atomic E-state index is 12.6. The molecule has 0 aromatic carbocycles. The van der Waals surface area contributed by atoms with Crippen LogP contribution in [-0.4, -0.2) is 83.6 Å². The molecule has 0 aromatic rings. The number of hydrogen-bond acceptors (Lipinski definition) is 7. The molecule has 3 rings (SSSR count). The number of carbonyl (C=O) groups is 1. The van der Waals surface area contributed by atoms with Crippen LogP contribution in [0.2, 0.25) is 0 Å². The summed E-state index contributed by atoms with van der Waals surface area (Å²) in [6, 6.07) is 0. The maximum atomic E-state index is 12.6. The molecule has 1 aliphatic carbocycles. The predicted molar refractivity (Wildman–Crippen MR) is 105 cm³/mol. The predicted octanol–water partition coefficient (Wildman–Crippen LogP) is 1.69. The zero-order valence-electron chi connectivity index (χ0n) is 18.0. The standard InChI is InChI=1S/C21H35NO7/c1-13(2)7-9-27-20(3,4)18-17(26-5)16(6-8-21(18)12-28-21)29-19(25)22-10-14(23)15(24)11-22/h7,9,13-18,23-24H,6,8,10-12H2,1-5H3/b9-7+/t14-,15-,16+,17+,18?,21-/m0/s1. The summed E-state index contributed by atoms with van der Waals surface area (Å²) in [6.45, 7) is 8.95. The van der Waals surface area contributed by atoms with Gasteiger partial charge in [0.25, 0.3) is 0 Å². The molecule has 1 unspecified atom stereocenters. The second-order valence-corrected chi connectivity index (χ2v) is 9.33. The summed E-state index contributed by atoms with van der Waals surface area (Å²) in [7, 11) is 1.61. The third-order valence-electron chi connectivity index (χ3n) is 6.25. The monoisotopic (exact) mass is 413 g/mol. The Balaban J connectivity index is 1.73. The first-order valence-electron chi connectivity index (χ1n) is 10.4. The van der Waals surface area contributed by atoms with Crippen molar-refractivity contribution >= 4 is 6.09 Å². The highest BCUT2D eigenvalue weighted by Gasteiger charge is 2.64. The van der Waals surface area contributed by atoms with E-state index in [0.29, 0.717) is 18.9 Å². The largest absolute Gasteiger partial charge is 0.495 e. The van der Waals surface area contributed by atoms with E-state index >= 15 is 0 Å². The van der Waals surface area contributed by atoms with Gasteiger partial charge in [0.05, 0.1) is 44.1 Å². The summed E-state index contributed by atoms with van der Waals surface area (Å²) in [5.74, 6) is 0.250. The number of ether oxygens (including phenoxy) is 4. The van der Waals surface area contributed by atoms with Crippen LogP contribution < -0.4 is 0 Å². The van der Waals surface area contributed by atoms with Gasteiger partial charge < -0.3 is 34.1 Å². The lowest BCUT2D eigenvalue weighted by Gasteiger charge is -2.47. The number of nitrogens with zero attached hydrogens (tertiary/aromatic N) is 1. The Morgan fingerprint density at radius 2 is 1.90 bits per heavy atom. The van der Waals surface area contributed by atoms with Gasteiger partial charge in [0, 0.05) is 7.11 Å². The summed E-state index contributed by atoms with van der Waals surface area (Å²) in [5, 5.41) is 19.4. The van der Waals surface area contributed by atoms with Crippen LogP contribution in [0.1, 0.15) is 40.5 Å². The van der Waals surface area contributed by atoms with Gasteiger partial charge in [-0.15, -0.1) is 0 Å². The molecule has 0 radical (unpaired) electrons. The highest BCUT2D eigenvalue weighted by atomic mass is 16.6. The van der Waals surface area contributed by atoms with Crippen LogP contribution in [0.4, 0.5) is 4.79 Å². The molecule has 8 heteroatoms. The van der Waals surface area contributed by atoms with Crippen LogP contribution in [0.25, 0.3) is 0 Å². The van der Waals surface area contributed by atoms with E-state index in [1.807, 2.05) is 19.9 Å². The first-order chi connectivity index (χ1) is 13.6. The zero-order chi connectivity index (χ0) is 21.4. The van der Waals surface area contributed by atoms with Crippen molar-refractivity contribution in [3.8, 4) is 0 Å². The van der Waals surface area contributed by atoms with Crippen LogP contribution in [0.3, 0.4) is 0 Å². The average Bonchev–Trinajstić information content (AvgIpc) is 3.32. The number of amides is 1.